The SMILES string of the molecule is COCC(C)(C)Nc1nccc(C#N)c1[N+](=O)[O-]. The molecule has 0 radical (unpaired) electrons. The zero-order valence-corrected chi connectivity index (χ0v) is 10.4. The number of ether oxygens (including phenoxy) is 1. The Balaban J connectivity index is 3.18. The summed E-state index contributed by atoms with van der Waals surface area (Å²) in [5, 5.41) is 22.8. The van der Waals surface area contributed by atoms with E-state index in [0.29, 0.717) is 6.61 Å². The lowest BCUT2D eigenvalue weighted by atomic mass is 10.1. The van der Waals surface area contributed by atoms with Gasteiger partial charge in [0.1, 0.15) is 11.6 Å². The van der Waals surface area contributed by atoms with Crippen LogP contribution in [-0.4, -0.2) is 29.2 Å². The van der Waals surface area contributed by atoms with E-state index in [1.807, 2.05) is 13.8 Å². The summed E-state index contributed by atoms with van der Waals surface area (Å²) in [5.74, 6) is 0.0705. The van der Waals surface area contributed by atoms with Crippen molar-refractivity contribution in [3.63, 3.8) is 0 Å². The molecule has 0 aromatic carbocycles. The molecular weight excluding hydrogens is 236 g/mol. The lowest BCUT2D eigenvalue weighted by molar-refractivity contribution is -0.384. The molecule has 0 saturated carbocycles. The highest BCUT2D eigenvalue weighted by Gasteiger charge is 2.26. The number of rotatable bonds is 5. The highest BCUT2D eigenvalue weighted by atomic mass is 16.6. The fourth-order valence-electron chi connectivity index (χ4n) is 1.54. The summed E-state index contributed by atoms with van der Waals surface area (Å²) in [4.78, 5) is 14.3. The largest absolute Gasteiger partial charge is 0.382 e. The third-order valence-corrected chi connectivity index (χ3v) is 2.19. The molecule has 7 nitrogen and oxygen atoms in total. The summed E-state index contributed by atoms with van der Waals surface area (Å²) in [5.41, 5.74) is -0.865. The lowest BCUT2D eigenvalue weighted by Crippen LogP contribution is -2.36. The number of nitro groups is 1. The standard InChI is InChI=1S/C11H14N4O3/c1-11(2,7-18-3)14-10-9(15(16)17)8(6-12)4-5-13-10/h4-5H,7H2,1-3H3,(H,13,14). The number of pyridine rings is 1. The van der Waals surface area contributed by atoms with Crippen molar-refractivity contribution in [3.05, 3.63) is 27.9 Å². The van der Waals surface area contributed by atoms with E-state index in [1.165, 1.54) is 19.4 Å². The molecule has 0 atom stereocenters. The normalized spacial score (nSPS) is 10.8. The van der Waals surface area contributed by atoms with Gasteiger partial charge in [0.25, 0.3) is 0 Å². The fraction of sp³-hybridized carbons (Fsp3) is 0.455. The second kappa shape index (κ2) is 5.42. The van der Waals surface area contributed by atoms with Crippen molar-refractivity contribution in [1.29, 1.82) is 5.26 Å². The molecule has 0 unspecified atom stereocenters. The van der Waals surface area contributed by atoms with Crippen LogP contribution in [0.15, 0.2) is 12.3 Å². The molecule has 1 N–H and O–H groups in total. The van der Waals surface area contributed by atoms with Gasteiger partial charge in [0.05, 0.1) is 17.1 Å². The van der Waals surface area contributed by atoms with Crippen molar-refractivity contribution >= 4 is 11.5 Å². The molecule has 1 rings (SSSR count). The van der Waals surface area contributed by atoms with Gasteiger partial charge in [-0.1, -0.05) is 0 Å². The average molecular weight is 250 g/mol. The van der Waals surface area contributed by atoms with Crippen LogP contribution in [0.2, 0.25) is 0 Å². The second-order valence-electron chi connectivity index (χ2n) is 4.37. The number of hydrogen-bond donors (Lipinski definition) is 1. The van der Waals surface area contributed by atoms with Gasteiger partial charge in [0.2, 0.25) is 5.82 Å². The van der Waals surface area contributed by atoms with E-state index in [-0.39, 0.29) is 17.1 Å². The molecule has 1 aromatic rings. The predicted octanol–water partition coefficient (Wildman–Crippen LogP) is 1.70. The Hall–Kier alpha value is -2.20. The van der Waals surface area contributed by atoms with Gasteiger partial charge in [-0.25, -0.2) is 4.98 Å². The molecule has 7 heteroatoms. The van der Waals surface area contributed by atoms with Crippen molar-refractivity contribution < 1.29 is 9.66 Å². The quantitative estimate of drug-likeness (QED) is 0.630. The van der Waals surface area contributed by atoms with Gasteiger partial charge < -0.3 is 10.1 Å². The zero-order valence-electron chi connectivity index (χ0n) is 10.4. The van der Waals surface area contributed by atoms with Crippen molar-refractivity contribution in [1.82, 2.24) is 4.98 Å². The molecule has 96 valence electrons. The fourth-order valence-corrected chi connectivity index (χ4v) is 1.54. The molecule has 0 fully saturated rings. The maximum Gasteiger partial charge on any atom is 0.328 e. The van der Waals surface area contributed by atoms with E-state index >= 15 is 0 Å². The van der Waals surface area contributed by atoms with Crippen LogP contribution in [-0.2, 0) is 4.74 Å². The monoisotopic (exact) mass is 250 g/mol. The summed E-state index contributed by atoms with van der Waals surface area (Å²) in [6.07, 6.45) is 1.36. The molecule has 1 aromatic heterocycles. The summed E-state index contributed by atoms with van der Waals surface area (Å²) >= 11 is 0. The van der Waals surface area contributed by atoms with Crippen LogP contribution in [0.5, 0.6) is 0 Å². The molecule has 0 aliphatic carbocycles. The minimum absolute atomic E-state index is 0.0225. The zero-order chi connectivity index (χ0) is 13.8. The van der Waals surface area contributed by atoms with E-state index in [0.717, 1.165) is 0 Å². The predicted molar refractivity (Wildman–Crippen MR) is 65.2 cm³/mol. The third-order valence-electron chi connectivity index (χ3n) is 2.19. The first-order valence-corrected chi connectivity index (χ1v) is 5.22. The summed E-state index contributed by atoms with van der Waals surface area (Å²) in [6, 6.07) is 3.09. The molecule has 0 amide bonds. The van der Waals surface area contributed by atoms with Crippen LogP contribution >= 0.6 is 0 Å². The molecule has 18 heavy (non-hydrogen) atoms. The van der Waals surface area contributed by atoms with Crippen LogP contribution in [0.25, 0.3) is 0 Å². The van der Waals surface area contributed by atoms with Gasteiger partial charge in [-0.15, -0.1) is 0 Å². The minimum atomic E-state index is -0.614. The van der Waals surface area contributed by atoms with E-state index in [2.05, 4.69) is 10.3 Å². The number of nitrogens with zero attached hydrogens (tertiary/aromatic N) is 3. The van der Waals surface area contributed by atoms with E-state index in [1.54, 1.807) is 6.07 Å². The topological polar surface area (TPSA) is 101 Å². The summed E-state index contributed by atoms with van der Waals surface area (Å²) in [7, 11) is 1.54. The van der Waals surface area contributed by atoms with Gasteiger partial charge in [0, 0.05) is 13.3 Å². The van der Waals surface area contributed by atoms with Crippen molar-refractivity contribution in [2.75, 3.05) is 19.0 Å². The maximum absolute atomic E-state index is 11.0. The number of nitriles is 1. The first kappa shape index (κ1) is 13.9. The van der Waals surface area contributed by atoms with Crippen LogP contribution in [0.4, 0.5) is 11.5 Å². The van der Waals surface area contributed by atoms with Crippen LogP contribution in [0, 0.1) is 21.4 Å². The highest BCUT2D eigenvalue weighted by Crippen LogP contribution is 2.28. The van der Waals surface area contributed by atoms with Crippen molar-refractivity contribution in [2.24, 2.45) is 0 Å². The molecular formula is C11H14N4O3. The second-order valence-corrected chi connectivity index (χ2v) is 4.37. The number of hydrogen-bond acceptors (Lipinski definition) is 6. The van der Waals surface area contributed by atoms with E-state index in [9.17, 15) is 10.1 Å². The maximum atomic E-state index is 11.0. The Morgan fingerprint density at radius 1 is 1.67 bits per heavy atom. The first-order chi connectivity index (χ1) is 8.41. The Labute approximate surface area is 105 Å². The van der Waals surface area contributed by atoms with Crippen LogP contribution in [0.1, 0.15) is 19.4 Å². The van der Waals surface area contributed by atoms with Gasteiger partial charge >= 0.3 is 5.69 Å². The minimum Gasteiger partial charge on any atom is -0.382 e. The molecule has 0 aliphatic rings. The van der Waals surface area contributed by atoms with Crippen molar-refractivity contribution in [3.8, 4) is 6.07 Å². The molecule has 0 saturated heterocycles. The van der Waals surface area contributed by atoms with Gasteiger partial charge in [-0.05, 0) is 19.9 Å². The van der Waals surface area contributed by atoms with E-state index < -0.39 is 10.5 Å². The Bertz CT molecular complexity index is 494. The number of nitrogens with one attached hydrogen (secondary N) is 1. The summed E-state index contributed by atoms with van der Waals surface area (Å²) < 4.78 is 5.01. The molecule has 1 heterocycles. The number of aromatic nitrogens is 1. The van der Waals surface area contributed by atoms with Gasteiger partial charge in [-0.3, -0.25) is 10.1 Å². The Morgan fingerprint density at radius 2 is 2.33 bits per heavy atom. The summed E-state index contributed by atoms with van der Waals surface area (Å²) in [6.45, 7) is 3.99. The van der Waals surface area contributed by atoms with Crippen LogP contribution in [0.3, 0.4) is 0 Å². The molecule has 0 spiro atoms. The number of anilines is 1. The lowest BCUT2D eigenvalue weighted by Gasteiger charge is -2.25. The van der Waals surface area contributed by atoms with Crippen molar-refractivity contribution in [2.45, 2.75) is 19.4 Å². The molecule has 0 aliphatic heterocycles. The average Bonchev–Trinajstić information content (AvgIpc) is 2.27. The smallest absolute Gasteiger partial charge is 0.328 e. The number of methoxy groups -OCH3 is 1. The third kappa shape index (κ3) is 3.15. The van der Waals surface area contributed by atoms with Gasteiger partial charge in [0.15, 0.2) is 0 Å². The van der Waals surface area contributed by atoms with E-state index in [4.69, 9.17) is 10.00 Å². The molecule has 0 bridgehead atoms. The van der Waals surface area contributed by atoms with Crippen LogP contribution < -0.4 is 5.32 Å². The Morgan fingerprint density at radius 3 is 2.83 bits per heavy atom. The first-order valence-electron chi connectivity index (χ1n) is 5.22. The highest BCUT2D eigenvalue weighted by molar-refractivity contribution is 5.64. The van der Waals surface area contributed by atoms with Gasteiger partial charge in [-0.2, -0.15) is 5.26 Å². The Kier molecular flexibility index (Phi) is 4.18.